The van der Waals surface area contributed by atoms with Crippen LogP contribution in [0.25, 0.3) is 0 Å². The number of benzene rings is 2. The zero-order valence-electron chi connectivity index (χ0n) is 18.2. The largest absolute Gasteiger partial charge is 0.497 e. The van der Waals surface area contributed by atoms with Crippen LogP contribution >= 0.6 is 0 Å². The fourth-order valence-electron chi connectivity index (χ4n) is 2.88. The van der Waals surface area contributed by atoms with Gasteiger partial charge in [0.25, 0.3) is 0 Å². The Morgan fingerprint density at radius 2 is 1.61 bits per heavy atom. The zero-order valence-corrected chi connectivity index (χ0v) is 18.2. The SMILES string of the molecule is COC(=O)[C@H](C)NC(=O)[C@H](Cc1ccc(OC)cc1)N(C)C(=O)OCc1ccccc1. The molecule has 0 heterocycles. The minimum absolute atomic E-state index is 0.0828. The van der Waals surface area contributed by atoms with E-state index < -0.39 is 30.1 Å². The summed E-state index contributed by atoms with van der Waals surface area (Å²) in [6, 6.07) is 14.7. The second-order valence-corrected chi connectivity index (χ2v) is 6.97. The molecule has 0 radical (unpaired) electrons. The highest BCUT2D eigenvalue weighted by Crippen LogP contribution is 2.15. The lowest BCUT2D eigenvalue weighted by atomic mass is 10.0. The molecular formula is C23H28N2O6. The van der Waals surface area contributed by atoms with E-state index in [0.29, 0.717) is 5.75 Å². The number of carbonyl (C=O) groups is 3. The van der Waals surface area contributed by atoms with Gasteiger partial charge in [0.1, 0.15) is 24.4 Å². The molecular weight excluding hydrogens is 400 g/mol. The predicted octanol–water partition coefficient (Wildman–Crippen LogP) is 2.55. The summed E-state index contributed by atoms with van der Waals surface area (Å²) in [5.41, 5.74) is 1.65. The summed E-state index contributed by atoms with van der Waals surface area (Å²) >= 11 is 0. The molecule has 2 aromatic carbocycles. The van der Waals surface area contributed by atoms with Crippen LogP contribution in [-0.4, -0.2) is 56.2 Å². The van der Waals surface area contributed by atoms with Crippen molar-refractivity contribution in [3.63, 3.8) is 0 Å². The van der Waals surface area contributed by atoms with Gasteiger partial charge in [0, 0.05) is 13.5 Å². The van der Waals surface area contributed by atoms with Gasteiger partial charge in [-0.2, -0.15) is 0 Å². The Kier molecular flexibility index (Phi) is 8.87. The number of ether oxygens (including phenoxy) is 3. The predicted molar refractivity (Wildman–Crippen MR) is 114 cm³/mol. The van der Waals surface area contributed by atoms with Crippen molar-refractivity contribution in [1.29, 1.82) is 0 Å². The number of rotatable bonds is 9. The maximum Gasteiger partial charge on any atom is 0.410 e. The van der Waals surface area contributed by atoms with Crippen molar-refractivity contribution in [1.82, 2.24) is 10.2 Å². The maximum atomic E-state index is 12.9. The number of nitrogens with zero attached hydrogens (tertiary/aromatic N) is 1. The molecule has 0 aromatic heterocycles. The Morgan fingerprint density at radius 1 is 0.968 bits per heavy atom. The average molecular weight is 428 g/mol. The number of carbonyl (C=O) groups excluding carboxylic acids is 3. The van der Waals surface area contributed by atoms with E-state index in [1.54, 1.807) is 19.2 Å². The normalized spacial score (nSPS) is 12.3. The summed E-state index contributed by atoms with van der Waals surface area (Å²) in [6.07, 6.45) is -0.427. The number of hydrogen-bond acceptors (Lipinski definition) is 6. The van der Waals surface area contributed by atoms with Crippen molar-refractivity contribution in [2.75, 3.05) is 21.3 Å². The van der Waals surface area contributed by atoms with Crippen LogP contribution < -0.4 is 10.1 Å². The number of methoxy groups -OCH3 is 2. The van der Waals surface area contributed by atoms with E-state index in [0.717, 1.165) is 11.1 Å². The minimum atomic E-state index is -0.899. The molecule has 0 spiro atoms. The fraction of sp³-hybridized carbons (Fsp3) is 0.348. The van der Waals surface area contributed by atoms with Crippen LogP contribution in [-0.2, 0) is 32.1 Å². The van der Waals surface area contributed by atoms with Crippen LogP contribution in [0.5, 0.6) is 5.75 Å². The smallest absolute Gasteiger partial charge is 0.410 e. The van der Waals surface area contributed by atoms with E-state index in [9.17, 15) is 14.4 Å². The van der Waals surface area contributed by atoms with Gasteiger partial charge >= 0.3 is 12.1 Å². The summed E-state index contributed by atoms with van der Waals surface area (Å²) < 4.78 is 15.2. The first kappa shape index (κ1) is 23.7. The number of esters is 1. The third-order valence-electron chi connectivity index (χ3n) is 4.76. The second-order valence-electron chi connectivity index (χ2n) is 6.97. The van der Waals surface area contributed by atoms with Crippen LogP contribution in [0, 0.1) is 0 Å². The molecule has 8 nitrogen and oxygen atoms in total. The van der Waals surface area contributed by atoms with Gasteiger partial charge in [-0.05, 0) is 30.2 Å². The highest BCUT2D eigenvalue weighted by Gasteiger charge is 2.30. The molecule has 0 aliphatic heterocycles. The molecule has 2 atom stereocenters. The van der Waals surface area contributed by atoms with Gasteiger partial charge in [-0.15, -0.1) is 0 Å². The van der Waals surface area contributed by atoms with E-state index in [1.807, 2.05) is 42.5 Å². The van der Waals surface area contributed by atoms with Gasteiger partial charge in [0.05, 0.1) is 14.2 Å². The molecule has 31 heavy (non-hydrogen) atoms. The molecule has 0 aliphatic rings. The molecule has 0 saturated heterocycles. The van der Waals surface area contributed by atoms with Crippen LogP contribution in [0.4, 0.5) is 4.79 Å². The van der Waals surface area contributed by atoms with Gasteiger partial charge < -0.3 is 19.5 Å². The van der Waals surface area contributed by atoms with Crippen LogP contribution in [0.2, 0.25) is 0 Å². The fourth-order valence-corrected chi connectivity index (χ4v) is 2.88. The molecule has 0 bridgehead atoms. The molecule has 2 rings (SSSR count). The standard InChI is InChI=1S/C23H28N2O6/c1-16(22(27)30-4)24-21(26)20(14-17-10-12-19(29-3)13-11-17)25(2)23(28)31-15-18-8-6-5-7-9-18/h5-13,16,20H,14-15H2,1-4H3,(H,24,26)/t16-,20-/m0/s1. The molecule has 0 saturated carbocycles. The van der Waals surface area contributed by atoms with Gasteiger partial charge in [0.15, 0.2) is 0 Å². The number of nitrogens with one attached hydrogen (secondary N) is 1. The third-order valence-corrected chi connectivity index (χ3v) is 4.76. The molecule has 0 aliphatic carbocycles. The lowest BCUT2D eigenvalue weighted by molar-refractivity contribution is -0.145. The van der Waals surface area contributed by atoms with Crippen molar-refractivity contribution in [2.45, 2.75) is 32.0 Å². The first-order chi connectivity index (χ1) is 14.8. The lowest BCUT2D eigenvalue weighted by Gasteiger charge is -2.28. The summed E-state index contributed by atoms with van der Waals surface area (Å²) in [6.45, 7) is 1.60. The van der Waals surface area contributed by atoms with Gasteiger partial charge in [-0.1, -0.05) is 42.5 Å². The summed E-state index contributed by atoms with van der Waals surface area (Å²) in [5.74, 6) is -0.390. The molecule has 1 N–H and O–H groups in total. The Hall–Kier alpha value is -3.55. The summed E-state index contributed by atoms with van der Waals surface area (Å²) in [7, 11) is 4.30. The molecule has 8 heteroatoms. The van der Waals surface area contributed by atoms with Gasteiger partial charge in [-0.25, -0.2) is 9.59 Å². The van der Waals surface area contributed by atoms with E-state index in [-0.39, 0.29) is 13.0 Å². The van der Waals surface area contributed by atoms with Crippen molar-refractivity contribution < 1.29 is 28.6 Å². The zero-order chi connectivity index (χ0) is 22.8. The quantitative estimate of drug-likeness (QED) is 0.617. The first-order valence-electron chi connectivity index (χ1n) is 9.80. The second kappa shape index (κ2) is 11.6. The minimum Gasteiger partial charge on any atom is -0.497 e. The maximum absolute atomic E-state index is 12.9. The van der Waals surface area contributed by atoms with E-state index in [2.05, 4.69) is 10.1 Å². The molecule has 2 aromatic rings. The van der Waals surface area contributed by atoms with Crippen LogP contribution in [0.1, 0.15) is 18.1 Å². The first-order valence-corrected chi connectivity index (χ1v) is 9.80. The highest BCUT2D eigenvalue weighted by atomic mass is 16.6. The topological polar surface area (TPSA) is 94.2 Å². The highest BCUT2D eigenvalue weighted by molar-refractivity contribution is 5.89. The summed E-state index contributed by atoms with van der Waals surface area (Å²) in [5, 5.41) is 2.60. The average Bonchev–Trinajstić information content (AvgIpc) is 2.80. The number of amides is 2. The monoisotopic (exact) mass is 428 g/mol. The molecule has 166 valence electrons. The van der Waals surface area contributed by atoms with E-state index in [1.165, 1.54) is 26.0 Å². The van der Waals surface area contributed by atoms with Crippen LogP contribution in [0.3, 0.4) is 0 Å². The number of hydrogen-bond donors (Lipinski definition) is 1. The van der Waals surface area contributed by atoms with Crippen molar-refractivity contribution in [2.24, 2.45) is 0 Å². The van der Waals surface area contributed by atoms with Crippen molar-refractivity contribution in [3.8, 4) is 5.75 Å². The van der Waals surface area contributed by atoms with Gasteiger partial charge in [0.2, 0.25) is 5.91 Å². The molecule has 0 fully saturated rings. The lowest BCUT2D eigenvalue weighted by Crippen LogP contribution is -2.52. The molecule has 2 amide bonds. The Bertz CT molecular complexity index is 869. The van der Waals surface area contributed by atoms with E-state index in [4.69, 9.17) is 9.47 Å². The van der Waals surface area contributed by atoms with Crippen LogP contribution in [0.15, 0.2) is 54.6 Å². The Labute approximate surface area is 182 Å². The van der Waals surface area contributed by atoms with Gasteiger partial charge in [-0.3, -0.25) is 9.69 Å². The summed E-state index contributed by atoms with van der Waals surface area (Å²) in [4.78, 5) is 38.5. The molecule has 0 unspecified atom stereocenters. The van der Waals surface area contributed by atoms with E-state index >= 15 is 0 Å². The number of likely N-dealkylation sites (N-methyl/N-ethyl adjacent to an activating group) is 1. The van der Waals surface area contributed by atoms with Crippen molar-refractivity contribution >= 4 is 18.0 Å². The Balaban J connectivity index is 2.14. The Morgan fingerprint density at radius 3 is 2.19 bits per heavy atom. The van der Waals surface area contributed by atoms with Crippen molar-refractivity contribution in [3.05, 3.63) is 65.7 Å². The third kappa shape index (κ3) is 7.02.